The molecule has 6 nitrogen and oxygen atoms in total. The number of aromatic nitrogens is 1. The molecule has 2 N–H and O–H groups in total. The van der Waals surface area contributed by atoms with Gasteiger partial charge in [0.15, 0.2) is 0 Å². The van der Waals surface area contributed by atoms with Crippen LogP contribution >= 0.6 is 0 Å². The van der Waals surface area contributed by atoms with Crippen LogP contribution in [0.2, 0.25) is 0 Å². The van der Waals surface area contributed by atoms with Crippen LogP contribution in [0.25, 0.3) is 10.9 Å². The van der Waals surface area contributed by atoms with E-state index in [2.05, 4.69) is 10.3 Å². The van der Waals surface area contributed by atoms with E-state index in [1.807, 2.05) is 24.3 Å². The summed E-state index contributed by atoms with van der Waals surface area (Å²) in [4.78, 5) is 28.4. The number of para-hydroxylation sites is 2. The van der Waals surface area contributed by atoms with E-state index in [0.29, 0.717) is 16.9 Å². The molecule has 0 aliphatic rings. The third-order valence-corrected chi connectivity index (χ3v) is 4.07. The van der Waals surface area contributed by atoms with Gasteiger partial charge in [-0.25, -0.2) is 4.79 Å². The summed E-state index contributed by atoms with van der Waals surface area (Å²) in [6.45, 7) is 0. The lowest BCUT2D eigenvalue weighted by Crippen LogP contribution is -2.42. The second kappa shape index (κ2) is 7.65. The predicted molar refractivity (Wildman–Crippen MR) is 97.3 cm³/mol. The Labute approximate surface area is 150 Å². The number of nitrogens with zero attached hydrogens (tertiary/aromatic N) is 1. The van der Waals surface area contributed by atoms with Gasteiger partial charge in [-0.1, -0.05) is 36.4 Å². The molecule has 0 unspecified atom stereocenters. The maximum absolute atomic E-state index is 12.5. The molecule has 0 aliphatic heterocycles. The van der Waals surface area contributed by atoms with Gasteiger partial charge in [-0.2, -0.15) is 0 Å². The molecule has 2 aromatic carbocycles. The lowest BCUT2D eigenvalue weighted by Gasteiger charge is -2.16. The van der Waals surface area contributed by atoms with Gasteiger partial charge in [0, 0.05) is 18.0 Å². The Morgan fingerprint density at radius 1 is 1.15 bits per heavy atom. The largest absolute Gasteiger partial charge is 0.496 e. The number of pyridine rings is 1. The van der Waals surface area contributed by atoms with Crippen molar-refractivity contribution in [2.75, 3.05) is 7.11 Å². The highest BCUT2D eigenvalue weighted by atomic mass is 16.5. The number of hydrogen-bond acceptors (Lipinski definition) is 4. The smallest absolute Gasteiger partial charge is 0.326 e. The van der Waals surface area contributed by atoms with E-state index in [1.165, 1.54) is 13.3 Å². The average molecular weight is 350 g/mol. The summed E-state index contributed by atoms with van der Waals surface area (Å²) >= 11 is 0. The van der Waals surface area contributed by atoms with Gasteiger partial charge in [-0.15, -0.1) is 0 Å². The standard InChI is InChI=1S/C20H18N2O4/c1-26-18-9-5-3-7-14(18)11-17(20(24)25)22-19(23)15-10-13-6-2-4-8-16(13)21-12-15/h2-10,12,17H,11H2,1H3,(H,22,23)(H,24,25)/t17-/m0/s1. The third kappa shape index (κ3) is 3.80. The summed E-state index contributed by atoms with van der Waals surface area (Å²) in [7, 11) is 1.52. The summed E-state index contributed by atoms with van der Waals surface area (Å²) in [5, 5.41) is 12.9. The van der Waals surface area contributed by atoms with E-state index >= 15 is 0 Å². The predicted octanol–water partition coefficient (Wildman–Crippen LogP) is 2.67. The quantitative estimate of drug-likeness (QED) is 0.713. The number of benzene rings is 2. The number of aliphatic carboxylic acids is 1. The summed E-state index contributed by atoms with van der Waals surface area (Å²) < 4.78 is 5.25. The molecule has 0 saturated carbocycles. The number of carbonyl (C=O) groups excluding carboxylic acids is 1. The minimum absolute atomic E-state index is 0.117. The Bertz CT molecular complexity index is 955. The number of carbonyl (C=O) groups is 2. The molecule has 0 aliphatic carbocycles. The van der Waals surface area contributed by atoms with E-state index in [0.717, 1.165) is 10.9 Å². The highest BCUT2D eigenvalue weighted by Crippen LogP contribution is 2.19. The first-order chi connectivity index (χ1) is 12.6. The van der Waals surface area contributed by atoms with Gasteiger partial charge in [0.1, 0.15) is 11.8 Å². The molecule has 1 aromatic heterocycles. The van der Waals surface area contributed by atoms with Crippen LogP contribution in [-0.4, -0.2) is 35.1 Å². The number of methoxy groups -OCH3 is 1. The number of fused-ring (bicyclic) bond motifs is 1. The van der Waals surface area contributed by atoms with Crippen LogP contribution < -0.4 is 10.1 Å². The highest BCUT2D eigenvalue weighted by molar-refractivity contribution is 5.99. The van der Waals surface area contributed by atoms with Crippen LogP contribution in [0.5, 0.6) is 5.75 Å². The SMILES string of the molecule is COc1ccccc1C[C@H](NC(=O)c1cnc2ccccc2c1)C(=O)O. The summed E-state index contributed by atoms with van der Waals surface area (Å²) in [6.07, 6.45) is 1.56. The first-order valence-corrected chi connectivity index (χ1v) is 8.09. The van der Waals surface area contributed by atoms with Gasteiger partial charge in [0.25, 0.3) is 5.91 Å². The molecule has 26 heavy (non-hydrogen) atoms. The average Bonchev–Trinajstić information content (AvgIpc) is 2.67. The zero-order chi connectivity index (χ0) is 18.5. The summed E-state index contributed by atoms with van der Waals surface area (Å²) in [5.74, 6) is -1.01. The van der Waals surface area contributed by atoms with Crippen molar-refractivity contribution in [3.63, 3.8) is 0 Å². The minimum atomic E-state index is -1.11. The lowest BCUT2D eigenvalue weighted by atomic mass is 10.0. The molecule has 6 heteroatoms. The fourth-order valence-corrected chi connectivity index (χ4v) is 2.73. The Hall–Kier alpha value is -3.41. The molecule has 0 fully saturated rings. The van der Waals surface area contributed by atoms with Crippen molar-refractivity contribution in [3.05, 3.63) is 71.9 Å². The van der Waals surface area contributed by atoms with Gasteiger partial charge in [0.05, 0.1) is 18.2 Å². The van der Waals surface area contributed by atoms with Gasteiger partial charge in [-0.05, 0) is 23.8 Å². The van der Waals surface area contributed by atoms with Crippen LogP contribution in [0.15, 0.2) is 60.8 Å². The molecule has 1 amide bonds. The number of rotatable bonds is 6. The summed E-state index contributed by atoms with van der Waals surface area (Å²) in [6, 6.07) is 15.2. The first kappa shape index (κ1) is 17.4. The van der Waals surface area contributed by atoms with Crippen molar-refractivity contribution in [1.82, 2.24) is 10.3 Å². The van der Waals surface area contributed by atoms with E-state index < -0.39 is 17.9 Å². The first-order valence-electron chi connectivity index (χ1n) is 8.09. The normalized spacial score (nSPS) is 11.7. The van der Waals surface area contributed by atoms with Crippen molar-refractivity contribution in [2.45, 2.75) is 12.5 Å². The molecule has 0 bridgehead atoms. The molecule has 0 saturated heterocycles. The molecule has 1 heterocycles. The second-order valence-corrected chi connectivity index (χ2v) is 5.80. The fourth-order valence-electron chi connectivity index (χ4n) is 2.73. The zero-order valence-corrected chi connectivity index (χ0v) is 14.2. The van der Waals surface area contributed by atoms with Crippen molar-refractivity contribution >= 4 is 22.8 Å². The zero-order valence-electron chi connectivity index (χ0n) is 14.2. The topological polar surface area (TPSA) is 88.5 Å². The van der Waals surface area contributed by atoms with Crippen LogP contribution in [0.1, 0.15) is 15.9 Å². The third-order valence-electron chi connectivity index (χ3n) is 4.07. The number of carboxylic acid groups (broad SMARTS) is 1. The minimum Gasteiger partial charge on any atom is -0.496 e. The molecule has 0 radical (unpaired) electrons. The van der Waals surface area contributed by atoms with Crippen LogP contribution in [0, 0.1) is 0 Å². The molecular formula is C20H18N2O4. The molecule has 132 valence electrons. The van der Waals surface area contributed by atoms with Crippen LogP contribution in [0.4, 0.5) is 0 Å². The van der Waals surface area contributed by atoms with E-state index in [9.17, 15) is 14.7 Å². The van der Waals surface area contributed by atoms with Crippen LogP contribution in [0.3, 0.4) is 0 Å². The number of nitrogens with one attached hydrogen (secondary N) is 1. The van der Waals surface area contributed by atoms with Crippen molar-refractivity contribution < 1.29 is 19.4 Å². The van der Waals surface area contributed by atoms with Gasteiger partial charge >= 0.3 is 5.97 Å². The highest BCUT2D eigenvalue weighted by Gasteiger charge is 2.22. The Morgan fingerprint density at radius 3 is 2.65 bits per heavy atom. The molecule has 3 rings (SSSR count). The fraction of sp³-hybridized carbons (Fsp3) is 0.150. The van der Waals surface area contributed by atoms with Gasteiger partial charge in [-0.3, -0.25) is 9.78 Å². The second-order valence-electron chi connectivity index (χ2n) is 5.80. The number of amides is 1. The van der Waals surface area contributed by atoms with Crippen molar-refractivity contribution in [3.8, 4) is 5.75 Å². The van der Waals surface area contributed by atoms with Gasteiger partial charge in [0.2, 0.25) is 0 Å². The van der Waals surface area contributed by atoms with Crippen molar-refractivity contribution in [2.24, 2.45) is 0 Å². The van der Waals surface area contributed by atoms with Gasteiger partial charge < -0.3 is 15.2 Å². The maximum Gasteiger partial charge on any atom is 0.326 e. The van der Waals surface area contributed by atoms with E-state index in [-0.39, 0.29) is 6.42 Å². The Kier molecular flexibility index (Phi) is 5.12. The molecule has 3 aromatic rings. The lowest BCUT2D eigenvalue weighted by molar-refractivity contribution is -0.139. The van der Waals surface area contributed by atoms with Crippen molar-refractivity contribution in [1.29, 1.82) is 0 Å². The molecule has 1 atom stereocenters. The maximum atomic E-state index is 12.5. The van der Waals surface area contributed by atoms with E-state index in [1.54, 1.807) is 30.3 Å². The monoisotopic (exact) mass is 350 g/mol. The Morgan fingerprint density at radius 2 is 1.88 bits per heavy atom. The Balaban J connectivity index is 1.80. The van der Waals surface area contributed by atoms with Crippen LogP contribution in [-0.2, 0) is 11.2 Å². The summed E-state index contributed by atoms with van der Waals surface area (Å²) in [5.41, 5.74) is 1.79. The molecular weight excluding hydrogens is 332 g/mol. The van der Waals surface area contributed by atoms with E-state index in [4.69, 9.17) is 4.74 Å². The number of hydrogen-bond donors (Lipinski definition) is 2. The molecule has 0 spiro atoms. The number of carboxylic acids is 1. The number of ether oxygens (including phenoxy) is 1.